The van der Waals surface area contributed by atoms with E-state index in [9.17, 15) is 9.90 Å². The summed E-state index contributed by atoms with van der Waals surface area (Å²) >= 11 is 0. The van der Waals surface area contributed by atoms with Crippen molar-refractivity contribution < 1.29 is 9.90 Å². The zero-order valence-corrected chi connectivity index (χ0v) is 14.8. The Morgan fingerprint density at radius 3 is 2.65 bits per heavy atom. The number of hydrogen-bond donors (Lipinski definition) is 1. The summed E-state index contributed by atoms with van der Waals surface area (Å²) < 4.78 is 0. The van der Waals surface area contributed by atoms with E-state index in [-0.39, 0.29) is 23.8 Å². The molecular weight excluding hydrogens is 328 g/mol. The molecule has 0 radical (unpaired) electrons. The highest BCUT2D eigenvalue weighted by Gasteiger charge is 2.50. The van der Waals surface area contributed by atoms with Gasteiger partial charge in [-0.3, -0.25) is 9.69 Å². The van der Waals surface area contributed by atoms with Crippen molar-refractivity contribution in [3.8, 4) is 0 Å². The van der Waals surface area contributed by atoms with E-state index in [1.165, 1.54) is 5.56 Å². The van der Waals surface area contributed by atoms with E-state index in [1.807, 2.05) is 11.0 Å². The minimum absolute atomic E-state index is 0.0996. The lowest BCUT2D eigenvalue weighted by Crippen LogP contribution is -2.52. The summed E-state index contributed by atoms with van der Waals surface area (Å²) in [5, 5.41) is 10.2. The summed E-state index contributed by atoms with van der Waals surface area (Å²) in [4.78, 5) is 25.1. The third-order valence-corrected chi connectivity index (χ3v) is 5.74. The Kier molecular flexibility index (Phi) is 4.70. The summed E-state index contributed by atoms with van der Waals surface area (Å²) in [5.74, 6) is 0.508. The number of nitrogens with zero attached hydrogens (tertiary/aromatic N) is 4. The van der Waals surface area contributed by atoms with Crippen molar-refractivity contribution in [2.24, 2.45) is 11.3 Å². The van der Waals surface area contributed by atoms with Crippen LogP contribution < -0.4 is 0 Å². The van der Waals surface area contributed by atoms with Crippen molar-refractivity contribution in [2.45, 2.75) is 13.0 Å². The highest BCUT2D eigenvalue weighted by molar-refractivity contribution is 5.90. The standard InChI is InChI=1S/C20H24N4O2/c25-15-20-13-23(11-16-5-2-1-3-6-16)12-17(20)7-10-24(14-20)19(26)18-21-8-4-9-22-18/h1-6,8-9,17,25H,7,10-15H2/t17-,20-/m0/s1. The number of likely N-dealkylation sites (tertiary alicyclic amines) is 2. The van der Waals surface area contributed by atoms with Gasteiger partial charge < -0.3 is 10.0 Å². The molecule has 0 spiro atoms. The number of aliphatic hydroxyl groups excluding tert-OH is 1. The molecule has 6 nitrogen and oxygen atoms in total. The second-order valence-electron chi connectivity index (χ2n) is 7.46. The molecule has 136 valence electrons. The van der Waals surface area contributed by atoms with Crippen LogP contribution in [0.25, 0.3) is 0 Å². The largest absolute Gasteiger partial charge is 0.396 e. The molecular formula is C20H24N4O2. The Morgan fingerprint density at radius 2 is 1.92 bits per heavy atom. The van der Waals surface area contributed by atoms with Crippen LogP contribution in [0, 0.1) is 11.3 Å². The first-order chi connectivity index (χ1) is 12.7. The van der Waals surface area contributed by atoms with Crippen molar-refractivity contribution in [3.05, 3.63) is 60.2 Å². The predicted molar refractivity (Wildman–Crippen MR) is 97.3 cm³/mol. The molecule has 2 atom stereocenters. The first kappa shape index (κ1) is 17.1. The molecule has 4 rings (SSSR count). The summed E-state index contributed by atoms with van der Waals surface area (Å²) in [5.41, 5.74) is 1.03. The van der Waals surface area contributed by atoms with Crippen LogP contribution >= 0.6 is 0 Å². The van der Waals surface area contributed by atoms with Crippen LogP contribution in [0.4, 0.5) is 0 Å². The molecule has 0 saturated carbocycles. The van der Waals surface area contributed by atoms with Crippen molar-refractivity contribution in [3.63, 3.8) is 0 Å². The average Bonchev–Trinajstić information content (AvgIpc) is 3.06. The molecule has 1 aromatic carbocycles. The molecule has 2 saturated heterocycles. The predicted octanol–water partition coefficient (Wildman–Crippen LogP) is 1.43. The topological polar surface area (TPSA) is 69.6 Å². The van der Waals surface area contributed by atoms with E-state index in [0.29, 0.717) is 19.0 Å². The monoisotopic (exact) mass is 352 g/mol. The Labute approximate surface area is 153 Å². The molecule has 2 fully saturated rings. The number of hydrogen-bond acceptors (Lipinski definition) is 5. The van der Waals surface area contributed by atoms with Crippen molar-refractivity contribution >= 4 is 5.91 Å². The average molecular weight is 352 g/mol. The van der Waals surface area contributed by atoms with Gasteiger partial charge in [-0.2, -0.15) is 0 Å². The van der Waals surface area contributed by atoms with Crippen molar-refractivity contribution in [2.75, 3.05) is 32.8 Å². The molecule has 1 aromatic heterocycles. The summed E-state index contributed by atoms with van der Waals surface area (Å²) in [6.45, 7) is 4.03. The van der Waals surface area contributed by atoms with E-state index in [2.05, 4.69) is 39.1 Å². The zero-order valence-electron chi connectivity index (χ0n) is 14.8. The molecule has 6 heteroatoms. The second-order valence-corrected chi connectivity index (χ2v) is 7.46. The summed E-state index contributed by atoms with van der Waals surface area (Å²) in [6, 6.07) is 12.1. The number of amides is 1. The van der Waals surface area contributed by atoms with Crippen LogP contribution in [0.5, 0.6) is 0 Å². The SMILES string of the molecule is O=C(c1ncccn1)N1CC[C@H]2CN(Cc3ccccc3)C[C@@]2(CO)C1. The molecule has 0 bridgehead atoms. The lowest BCUT2D eigenvalue weighted by Gasteiger charge is -2.43. The number of carbonyl (C=O) groups is 1. The van der Waals surface area contributed by atoms with Gasteiger partial charge in [0.1, 0.15) is 0 Å². The molecule has 0 aliphatic carbocycles. The number of aliphatic hydroxyl groups is 1. The smallest absolute Gasteiger partial charge is 0.291 e. The van der Waals surface area contributed by atoms with Crippen LogP contribution in [0.15, 0.2) is 48.8 Å². The Hall–Kier alpha value is -2.31. The first-order valence-corrected chi connectivity index (χ1v) is 9.14. The Balaban J connectivity index is 1.48. The molecule has 26 heavy (non-hydrogen) atoms. The molecule has 0 unspecified atom stereocenters. The van der Waals surface area contributed by atoms with Gasteiger partial charge in [0, 0.05) is 50.5 Å². The fraction of sp³-hybridized carbons (Fsp3) is 0.450. The quantitative estimate of drug-likeness (QED) is 0.902. The number of rotatable bonds is 4. The van der Waals surface area contributed by atoms with Gasteiger partial charge in [0.2, 0.25) is 5.82 Å². The molecule has 3 heterocycles. The maximum absolute atomic E-state index is 12.7. The van der Waals surface area contributed by atoms with E-state index in [1.54, 1.807) is 18.5 Å². The fourth-order valence-electron chi connectivity index (χ4n) is 4.41. The van der Waals surface area contributed by atoms with E-state index < -0.39 is 0 Å². The van der Waals surface area contributed by atoms with Gasteiger partial charge in [-0.05, 0) is 24.0 Å². The number of fused-ring (bicyclic) bond motifs is 1. The van der Waals surface area contributed by atoms with E-state index in [0.717, 1.165) is 26.1 Å². The van der Waals surface area contributed by atoms with Gasteiger partial charge in [-0.1, -0.05) is 30.3 Å². The van der Waals surface area contributed by atoms with Gasteiger partial charge in [0.05, 0.1) is 6.61 Å². The van der Waals surface area contributed by atoms with Gasteiger partial charge in [0.15, 0.2) is 0 Å². The van der Waals surface area contributed by atoms with Gasteiger partial charge in [0.25, 0.3) is 5.91 Å². The number of aromatic nitrogens is 2. The first-order valence-electron chi connectivity index (χ1n) is 9.14. The van der Waals surface area contributed by atoms with E-state index >= 15 is 0 Å². The molecule has 2 aliphatic rings. The summed E-state index contributed by atoms with van der Waals surface area (Å²) in [6.07, 6.45) is 4.09. The van der Waals surface area contributed by atoms with Crippen LogP contribution in [0.3, 0.4) is 0 Å². The maximum Gasteiger partial charge on any atom is 0.291 e. The third-order valence-electron chi connectivity index (χ3n) is 5.74. The van der Waals surface area contributed by atoms with Crippen molar-refractivity contribution in [1.82, 2.24) is 19.8 Å². The third kappa shape index (κ3) is 3.22. The zero-order chi connectivity index (χ0) is 18.0. The highest BCUT2D eigenvalue weighted by atomic mass is 16.3. The lowest BCUT2D eigenvalue weighted by atomic mass is 9.74. The van der Waals surface area contributed by atoms with E-state index in [4.69, 9.17) is 0 Å². The van der Waals surface area contributed by atoms with Crippen LogP contribution in [0.2, 0.25) is 0 Å². The van der Waals surface area contributed by atoms with Gasteiger partial charge in [-0.25, -0.2) is 9.97 Å². The lowest BCUT2D eigenvalue weighted by molar-refractivity contribution is 0.0111. The molecule has 1 amide bonds. The van der Waals surface area contributed by atoms with Gasteiger partial charge in [-0.15, -0.1) is 0 Å². The van der Waals surface area contributed by atoms with Crippen LogP contribution in [-0.4, -0.2) is 63.6 Å². The Bertz CT molecular complexity index is 755. The number of carbonyl (C=O) groups excluding carboxylic acids is 1. The van der Waals surface area contributed by atoms with Crippen LogP contribution in [-0.2, 0) is 6.54 Å². The Morgan fingerprint density at radius 1 is 1.15 bits per heavy atom. The number of piperidine rings is 1. The molecule has 2 aliphatic heterocycles. The molecule has 1 N–H and O–H groups in total. The minimum atomic E-state index is -0.253. The summed E-state index contributed by atoms with van der Waals surface area (Å²) in [7, 11) is 0. The highest BCUT2D eigenvalue weighted by Crippen LogP contribution is 2.42. The minimum Gasteiger partial charge on any atom is -0.396 e. The van der Waals surface area contributed by atoms with Crippen LogP contribution in [0.1, 0.15) is 22.6 Å². The number of benzene rings is 1. The van der Waals surface area contributed by atoms with Gasteiger partial charge >= 0.3 is 0 Å². The normalized spacial score (nSPS) is 25.9. The van der Waals surface area contributed by atoms with Crippen molar-refractivity contribution in [1.29, 1.82) is 0 Å². The molecule has 2 aromatic rings. The second kappa shape index (κ2) is 7.13. The fourth-order valence-corrected chi connectivity index (χ4v) is 4.41. The maximum atomic E-state index is 12.7.